The zero-order valence-corrected chi connectivity index (χ0v) is 12.3. The lowest BCUT2D eigenvalue weighted by Gasteiger charge is -2.22. The fourth-order valence-corrected chi connectivity index (χ4v) is 2.97. The van der Waals surface area contributed by atoms with Crippen LogP contribution < -0.4 is 4.90 Å². The molecular formula is C15H19N3O3. The van der Waals surface area contributed by atoms with Crippen molar-refractivity contribution in [2.45, 2.75) is 39.5 Å². The molecule has 1 aliphatic rings. The van der Waals surface area contributed by atoms with Crippen molar-refractivity contribution in [1.82, 2.24) is 9.97 Å². The van der Waals surface area contributed by atoms with Crippen LogP contribution in [0.2, 0.25) is 0 Å². The molecule has 0 amide bonds. The smallest absolute Gasteiger partial charge is 0.340 e. The van der Waals surface area contributed by atoms with Crippen LogP contribution in [-0.2, 0) is 0 Å². The summed E-state index contributed by atoms with van der Waals surface area (Å²) >= 11 is 0. The maximum absolute atomic E-state index is 11.6. The van der Waals surface area contributed by atoms with E-state index in [1.54, 1.807) is 13.8 Å². The topological polar surface area (TPSA) is 79.5 Å². The lowest BCUT2D eigenvalue weighted by Crippen LogP contribution is -2.25. The largest absolute Gasteiger partial charge is 0.478 e. The fraction of sp³-hybridized carbons (Fsp3) is 0.533. The van der Waals surface area contributed by atoms with Gasteiger partial charge in [0.1, 0.15) is 23.0 Å². The summed E-state index contributed by atoms with van der Waals surface area (Å²) in [6, 6.07) is 0. The van der Waals surface area contributed by atoms with Crippen LogP contribution in [0, 0.1) is 13.8 Å². The van der Waals surface area contributed by atoms with E-state index in [9.17, 15) is 9.90 Å². The second-order valence-corrected chi connectivity index (χ2v) is 5.51. The monoisotopic (exact) mass is 289 g/mol. The third-order valence-electron chi connectivity index (χ3n) is 3.94. The molecule has 0 aliphatic carbocycles. The normalized spacial score (nSPS) is 16.2. The molecule has 0 radical (unpaired) electrons. The highest BCUT2D eigenvalue weighted by atomic mass is 16.4. The van der Waals surface area contributed by atoms with Gasteiger partial charge in [-0.3, -0.25) is 0 Å². The number of hydrogen-bond donors (Lipinski definition) is 1. The lowest BCUT2D eigenvalue weighted by molar-refractivity contribution is 0.0697. The van der Waals surface area contributed by atoms with Crippen molar-refractivity contribution in [1.29, 1.82) is 0 Å². The molecule has 0 atom stereocenters. The quantitative estimate of drug-likeness (QED) is 0.915. The van der Waals surface area contributed by atoms with Crippen molar-refractivity contribution >= 4 is 22.9 Å². The molecule has 1 aliphatic heterocycles. The second-order valence-electron chi connectivity index (χ2n) is 5.51. The van der Waals surface area contributed by atoms with Gasteiger partial charge in [-0.2, -0.15) is 4.98 Å². The molecule has 0 spiro atoms. The maximum Gasteiger partial charge on any atom is 0.340 e. The van der Waals surface area contributed by atoms with Gasteiger partial charge in [-0.15, -0.1) is 0 Å². The van der Waals surface area contributed by atoms with E-state index in [2.05, 4.69) is 14.9 Å². The number of carbonyl (C=O) groups is 1. The number of aryl methyl sites for hydroxylation is 2. The molecule has 112 valence electrons. The van der Waals surface area contributed by atoms with Gasteiger partial charge in [0.15, 0.2) is 0 Å². The van der Waals surface area contributed by atoms with Crippen LogP contribution in [0.15, 0.2) is 4.42 Å². The van der Waals surface area contributed by atoms with Crippen LogP contribution in [-0.4, -0.2) is 34.1 Å². The average molecular weight is 289 g/mol. The molecule has 0 unspecified atom stereocenters. The van der Waals surface area contributed by atoms with E-state index in [0.717, 1.165) is 25.9 Å². The van der Waals surface area contributed by atoms with Crippen molar-refractivity contribution in [3.8, 4) is 0 Å². The first-order valence-electron chi connectivity index (χ1n) is 7.34. The highest BCUT2D eigenvalue weighted by molar-refractivity contribution is 6.07. The molecule has 1 saturated heterocycles. The Labute approximate surface area is 122 Å². The molecule has 3 rings (SSSR count). The van der Waals surface area contributed by atoms with Gasteiger partial charge in [-0.25, -0.2) is 9.78 Å². The van der Waals surface area contributed by atoms with Crippen LogP contribution in [0.5, 0.6) is 0 Å². The van der Waals surface area contributed by atoms with Gasteiger partial charge >= 0.3 is 5.97 Å². The number of nitrogens with zero attached hydrogens (tertiary/aromatic N) is 3. The SMILES string of the molecule is Cc1nc(N2CCCCCC2)c2c(C(=O)O)c(C)oc2n1. The van der Waals surface area contributed by atoms with E-state index in [1.807, 2.05) is 0 Å². The molecule has 3 heterocycles. The van der Waals surface area contributed by atoms with Gasteiger partial charge in [0, 0.05) is 13.1 Å². The molecular weight excluding hydrogens is 270 g/mol. The number of hydrogen-bond acceptors (Lipinski definition) is 5. The van der Waals surface area contributed by atoms with Gasteiger partial charge in [0.2, 0.25) is 5.71 Å². The molecule has 21 heavy (non-hydrogen) atoms. The van der Waals surface area contributed by atoms with Gasteiger partial charge in [-0.1, -0.05) is 12.8 Å². The first kappa shape index (κ1) is 13.9. The Kier molecular flexibility index (Phi) is 3.53. The van der Waals surface area contributed by atoms with Crippen LogP contribution in [0.4, 0.5) is 5.82 Å². The molecule has 0 aromatic carbocycles. The van der Waals surface area contributed by atoms with E-state index < -0.39 is 5.97 Å². The maximum atomic E-state index is 11.6. The van der Waals surface area contributed by atoms with Crippen molar-refractivity contribution < 1.29 is 14.3 Å². The third-order valence-corrected chi connectivity index (χ3v) is 3.94. The predicted molar refractivity (Wildman–Crippen MR) is 78.9 cm³/mol. The predicted octanol–water partition coefficient (Wildman–Crippen LogP) is 2.92. The van der Waals surface area contributed by atoms with Gasteiger partial charge in [-0.05, 0) is 26.7 Å². The van der Waals surface area contributed by atoms with Crippen molar-refractivity contribution in [3.05, 3.63) is 17.1 Å². The summed E-state index contributed by atoms with van der Waals surface area (Å²) in [7, 11) is 0. The van der Waals surface area contributed by atoms with E-state index in [0.29, 0.717) is 28.5 Å². The zero-order chi connectivity index (χ0) is 15.0. The Morgan fingerprint density at radius 2 is 1.81 bits per heavy atom. The Hall–Kier alpha value is -2.11. The summed E-state index contributed by atoms with van der Waals surface area (Å²) in [6.45, 7) is 5.26. The van der Waals surface area contributed by atoms with Crippen LogP contribution in [0.25, 0.3) is 11.1 Å². The van der Waals surface area contributed by atoms with E-state index in [1.165, 1.54) is 12.8 Å². The number of carboxylic acids is 1. The fourth-order valence-electron chi connectivity index (χ4n) is 2.97. The number of furan rings is 1. The average Bonchev–Trinajstić information content (AvgIpc) is 2.62. The lowest BCUT2D eigenvalue weighted by atomic mass is 10.1. The Balaban J connectivity index is 2.22. The molecule has 1 fully saturated rings. The number of aromatic carboxylic acids is 1. The number of rotatable bonds is 2. The van der Waals surface area contributed by atoms with Crippen molar-refractivity contribution in [3.63, 3.8) is 0 Å². The molecule has 6 heteroatoms. The van der Waals surface area contributed by atoms with Gasteiger partial charge in [0.25, 0.3) is 0 Å². The summed E-state index contributed by atoms with van der Waals surface area (Å²) in [5.41, 5.74) is 0.556. The van der Waals surface area contributed by atoms with Crippen LogP contribution >= 0.6 is 0 Å². The van der Waals surface area contributed by atoms with E-state index in [-0.39, 0.29) is 5.56 Å². The molecule has 2 aromatic heterocycles. The first-order valence-corrected chi connectivity index (χ1v) is 7.34. The minimum atomic E-state index is -0.991. The second kappa shape index (κ2) is 5.35. The summed E-state index contributed by atoms with van der Waals surface area (Å²) in [4.78, 5) is 22.5. The van der Waals surface area contributed by atoms with E-state index >= 15 is 0 Å². The molecule has 2 aromatic rings. The minimum absolute atomic E-state index is 0.184. The van der Waals surface area contributed by atoms with Gasteiger partial charge in [0.05, 0.1) is 5.39 Å². The van der Waals surface area contributed by atoms with Crippen LogP contribution in [0.3, 0.4) is 0 Å². The molecule has 1 N–H and O–H groups in total. The van der Waals surface area contributed by atoms with Crippen LogP contribution in [0.1, 0.15) is 47.6 Å². The highest BCUT2D eigenvalue weighted by Crippen LogP contribution is 2.32. The number of carboxylic acid groups (broad SMARTS) is 1. The highest BCUT2D eigenvalue weighted by Gasteiger charge is 2.25. The summed E-state index contributed by atoms with van der Waals surface area (Å²) in [6.07, 6.45) is 4.62. The first-order chi connectivity index (χ1) is 10.1. The number of anilines is 1. The zero-order valence-electron chi connectivity index (χ0n) is 12.3. The van der Waals surface area contributed by atoms with Crippen molar-refractivity contribution in [2.24, 2.45) is 0 Å². The molecule has 0 bridgehead atoms. The standard InChI is InChI=1S/C15H19N3O3/c1-9-11(15(19)20)12-13(16-10(2)17-14(12)21-9)18-7-5-3-4-6-8-18/h3-8H2,1-2H3,(H,19,20). The minimum Gasteiger partial charge on any atom is -0.478 e. The Bertz CT molecular complexity index is 685. The number of fused-ring (bicyclic) bond motifs is 1. The Morgan fingerprint density at radius 1 is 1.14 bits per heavy atom. The third kappa shape index (κ3) is 2.46. The summed E-state index contributed by atoms with van der Waals surface area (Å²) in [5.74, 6) is 0.698. The number of aromatic nitrogens is 2. The molecule has 6 nitrogen and oxygen atoms in total. The summed E-state index contributed by atoms with van der Waals surface area (Å²) in [5, 5.41) is 10.0. The van der Waals surface area contributed by atoms with Crippen molar-refractivity contribution in [2.75, 3.05) is 18.0 Å². The molecule has 0 saturated carbocycles. The summed E-state index contributed by atoms with van der Waals surface area (Å²) < 4.78 is 5.55. The van der Waals surface area contributed by atoms with Gasteiger partial charge < -0.3 is 14.4 Å². The van der Waals surface area contributed by atoms with E-state index in [4.69, 9.17) is 4.42 Å². The Morgan fingerprint density at radius 3 is 2.43 bits per heavy atom.